The van der Waals surface area contributed by atoms with E-state index in [2.05, 4.69) is 37.5 Å². The second-order valence-electron chi connectivity index (χ2n) is 7.49. The first kappa shape index (κ1) is 22.2. The van der Waals surface area contributed by atoms with Crippen molar-refractivity contribution in [1.29, 1.82) is 0 Å². The van der Waals surface area contributed by atoms with E-state index in [-0.39, 0.29) is 13.2 Å². The van der Waals surface area contributed by atoms with Gasteiger partial charge in [-0.05, 0) is 18.6 Å². The number of pyridine rings is 1. The highest BCUT2D eigenvalue weighted by Gasteiger charge is 2.27. The minimum absolute atomic E-state index is 0.130. The third-order valence-corrected chi connectivity index (χ3v) is 5.13. The molecular weight excluding hydrogens is 425 g/mol. The smallest absolute Gasteiger partial charge is 0.370 e. The molecule has 172 valence electrons. The van der Waals surface area contributed by atoms with E-state index in [9.17, 15) is 13.2 Å². The van der Waals surface area contributed by atoms with E-state index in [1.165, 1.54) is 0 Å². The van der Waals surface area contributed by atoms with Gasteiger partial charge in [0.15, 0.2) is 5.82 Å². The van der Waals surface area contributed by atoms with Crippen LogP contribution in [0.4, 0.5) is 30.8 Å². The van der Waals surface area contributed by atoms with E-state index < -0.39 is 12.8 Å². The molecule has 0 aromatic carbocycles. The molecule has 0 amide bonds. The Morgan fingerprint density at radius 3 is 2.91 bits per heavy atom. The molecule has 0 radical (unpaired) electrons. The van der Waals surface area contributed by atoms with Gasteiger partial charge in [0.2, 0.25) is 5.95 Å². The van der Waals surface area contributed by atoms with Crippen LogP contribution in [0.2, 0.25) is 0 Å². The Kier molecular flexibility index (Phi) is 6.70. The van der Waals surface area contributed by atoms with Crippen molar-refractivity contribution >= 4 is 28.6 Å². The van der Waals surface area contributed by atoms with E-state index in [4.69, 9.17) is 9.72 Å². The van der Waals surface area contributed by atoms with Crippen LogP contribution in [0.25, 0.3) is 11.0 Å². The molecule has 9 nitrogen and oxygen atoms in total. The molecule has 1 atom stereocenters. The monoisotopic (exact) mass is 450 g/mol. The zero-order valence-corrected chi connectivity index (χ0v) is 17.6. The van der Waals surface area contributed by atoms with Crippen LogP contribution in [-0.4, -0.2) is 69.8 Å². The summed E-state index contributed by atoms with van der Waals surface area (Å²) in [5.74, 6) is 1.65. The molecule has 1 fully saturated rings. The van der Waals surface area contributed by atoms with E-state index in [1.54, 1.807) is 29.2 Å². The lowest BCUT2D eigenvalue weighted by Gasteiger charge is -2.33. The highest BCUT2D eigenvalue weighted by molar-refractivity contribution is 5.88. The molecule has 1 aliphatic heterocycles. The molecule has 2 N–H and O–H groups in total. The van der Waals surface area contributed by atoms with E-state index in [1.807, 2.05) is 6.07 Å². The molecule has 1 saturated heterocycles. The Labute approximate surface area is 183 Å². The van der Waals surface area contributed by atoms with Gasteiger partial charge in [-0.2, -0.15) is 23.3 Å². The van der Waals surface area contributed by atoms with Gasteiger partial charge >= 0.3 is 6.18 Å². The van der Waals surface area contributed by atoms with Crippen LogP contribution in [0.15, 0.2) is 30.6 Å². The summed E-state index contributed by atoms with van der Waals surface area (Å²) in [7, 11) is 0. The molecule has 0 spiro atoms. The standard InChI is InChI=1S/C20H25F3N8O/c1-2-14-12-30(8-7-24-14)19-27-15-11-26-31(9-10-32-13-20(21,22)23)17(15)18(29-19)28-16-5-3-4-6-25-16/h3-6,11,14,24H,2,7-10,12-13H2,1H3,(H,25,27,28,29)/t14-/m0/s1. The van der Waals surface area contributed by atoms with Crippen molar-refractivity contribution < 1.29 is 17.9 Å². The van der Waals surface area contributed by atoms with Crippen molar-refractivity contribution in [1.82, 2.24) is 30.0 Å². The first-order chi connectivity index (χ1) is 15.4. The summed E-state index contributed by atoms with van der Waals surface area (Å²) in [5, 5.41) is 11.0. The quantitative estimate of drug-likeness (QED) is 0.506. The average molecular weight is 450 g/mol. The number of nitrogens with zero attached hydrogens (tertiary/aromatic N) is 6. The van der Waals surface area contributed by atoms with Crippen molar-refractivity contribution in [2.24, 2.45) is 0 Å². The Bertz CT molecular complexity index is 1030. The largest absolute Gasteiger partial charge is 0.411 e. The second-order valence-corrected chi connectivity index (χ2v) is 7.49. The van der Waals surface area contributed by atoms with Gasteiger partial charge in [0, 0.05) is 31.9 Å². The first-order valence-corrected chi connectivity index (χ1v) is 10.5. The molecule has 4 rings (SSSR count). The molecule has 32 heavy (non-hydrogen) atoms. The summed E-state index contributed by atoms with van der Waals surface area (Å²) < 4.78 is 43.4. The van der Waals surface area contributed by atoms with Crippen LogP contribution < -0.4 is 15.5 Å². The SMILES string of the molecule is CC[C@H]1CN(c2nc(Nc3ccccn3)c3c(cnn3CCOCC(F)(F)F)n2)CCN1. The summed E-state index contributed by atoms with van der Waals surface area (Å²) in [5.41, 5.74) is 1.17. The van der Waals surface area contributed by atoms with Gasteiger partial charge in [-0.3, -0.25) is 4.68 Å². The van der Waals surface area contributed by atoms with Crippen molar-refractivity contribution in [3.8, 4) is 0 Å². The molecule has 1 aliphatic rings. The molecule has 3 aromatic rings. The minimum atomic E-state index is -4.37. The number of aromatic nitrogens is 5. The molecule has 0 bridgehead atoms. The van der Waals surface area contributed by atoms with Crippen LogP contribution in [0.5, 0.6) is 0 Å². The predicted octanol–water partition coefficient (Wildman–Crippen LogP) is 2.73. The van der Waals surface area contributed by atoms with Crippen LogP contribution in [0, 0.1) is 0 Å². The number of piperazine rings is 1. The van der Waals surface area contributed by atoms with E-state index in [0.717, 1.165) is 26.1 Å². The Morgan fingerprint density at radius 2 is 2.16 bits per heavy atom. The van der Waals surface area contributed by atoms with Crippen LogP contribution in [-0.2, 0) is 11.3 Å². The summed E-state index contributed by atoms with van der Waals surface area (Å²) in [4.78, 5) is 15.8. The number of halogens is 3. The van der Waals surface area contributed by atoms with Gasteiger partial charge in [-0.15, -0.1) is 0 Å². The first-order valence-electron chi connectivity index (χ1n) is 10.5. The lowest BCUT2D eigenvalue weighted by atomic mass is 10.2. The molecule has 0 aliphatic carbocycles. The number of nitrogens with one attached hydrogen (secondary N) is 2. The maximum Gasteiger partial charge on any atom is 0.411 e. The van der Waals surface area contributed by atoms with Gasteiger partial charge < -0.3 is 20.3 Å². The van der Waals surface area contributed by atoms with Gasteiger partial charge in [-0.25, -0.2) is 9.97 Å². The molecular formula is C20H25F3N8O. The lowest BCUT2D eigenvalue weighted by Crippen LogP contribution is -2.51. The van der Waals surface area contributed by atoms with Crippen LogP contribution in [0.1, 0.15) is 13.3 Å². The number of anilines is 3. The third-order valence-electron chi connectivity index (χ3n) is 5.13. The fourth-order valence-electron chi connectivity index (χ4n) is 3.56. The number of hydrogen-bond donors (Lipinski definition) is 2. The number of hydrogen-bond acceptors (Lipinski definition) is 8. The fourth-order valence-corrected chi connectivity index (χ4v) is 3.56. The number of fused-ring (bicyclic) bond motifs is 1. The van der Waals surface area contributed by atoms with E-state index in [0.29, 0.717) is 34.7 Å². The molecule has 0 saturated carbocycles. The Morgan fingerprint density at radius 1 is 1.28 bits per heavy atom. The minimum Gasteiger partial charge on any atom is -0.370 e. The number of alkyl halides is 3. The zero-order chi connectivity index (χ0) is 22.6. The maximum absolute atomic E-state index is 12.4. The summed E-state index contributed by atoms with van der Waals surface area (Å²) in [6, 6.07) is 5.81. The topological polar surface area (TPSA) is 93.0 Å². The summed E-state index contributed by atoms with van der Waals surface area (Å²) >= 11 is 0. The van der Waals surface area contributed by atoms with Crippen LogP contribution in [0.3, 0.4) is 0 Å². The predicted molar refractivity (Wildman–Crippen MR) is 114 cm³/mol. The zero-order valence-electron chi connectivity index (χ0n) is 17.6. The normalized spacial score (nSPS) is 17.1. The number of ether oxygens (including phenoxy) is 1. The average Bonchev–Trinajstić information content (AvgIpc) is 3.20. The van der Waals surface area contributed by atoms with Gasteiger partial charge in [0.05, 0.1) is 19.3 Å². The highest BCUT2D eigenvalue weighted by atomic mass is 19.4. The van der Waals surface area contributed by atoms with Gasteiger partial charge in [-0.1, -0.05) is 13.0 Å². The van der Waals surface area contributed by atoms with Gasteiger partial charge in [0.1, 0.15) is 23.5 Å². The molecule has 3 aromatic heterocycles. The molecule has 4 heterocycles. The van der Waals surface area contributed by atoms with Crippen molar-refractivity contribution in [2.75, 3.05) is 43.1 Å². The molecule has 0 unspecified atom stereocenters. The third kappa shape index (κ3) is 5.43. The van der Waals surface area contributed by atoms with Crippen molar-refractivity contribution in [2.45, 2.75) is 32.1 Å². The van der Waals surface area contributed by atoms with Gasteiger partial charge in [0.25, 0.3) is 0 Å². The Balaban J connectivity index is 1.63. The van der Waals surface area contributed by atoms with E-state index >= 15 is 0 Å². The maximum atomic E-state index is 12.4. The Hall–Kier alpha value is -2.99. The lowest BCUT2D eigenvalue weighted by molar-refractivity contribution is -0.174. The summed E-state index contributed by atoms with van der Waals surface area (Å²) in [6.07, 6.45) is -0.122. The van der Waals surface area contributed by atoms with Crippen molar-refractivity contribution in [3.63, 3.8) is 0 Å². The highest BCUT2D eigenvalue weighted by Crippen LogP contribution is 2.26. The number of rotatable bonds is 8. The summed E-state index contributed by atoms with van der Waals surface area (Å²) in [6.45, 7) is 3.20. The molecule has 12 heteroatoms. The van der Waals surface area contributed by atoms with Crippen LogP contribution >= 0.6 is 0 Å². The second kappa shape index (κ2) is 9.65. The van der Waals surface area contributed by atoms with Crippen molar-refractivity contribution in [3.05, 3.63) is 30.6 Å². The fraction of sp³-hybridized carbons (Fsp3) is 0.500.